The van der Waals surface area contributed by atoms with Crippen molar-refractivity contribution in [2.24, 2.45) is 0 Å². The van der Waals surface area contributed by atoms with Crippen molar-refractivity contribution in [1.29, 1.82) is 0 Å². The number of nitrogens with zero attached hydrogens (tertiary/aromatic N) is 2. The van der Waals surface area contributed by atoms with E-state index in [1.807, 2.05) is 30.6 Å². The number of hydrogen-bond acceptors (Lipinski definition) is 4. The van der Waals surface area contributed by atoms with Crippen molar-refractivity contribution in [1.82, 2.24) is 9.97 Å². The second-order valence-electron chi connectivity index (χ2n) is 3.74. The van der Waals surface area contributed by atoms with Crippen LogP contribution in [-0.2, 0) is 12.2 Å². The van der Waals surface area contributed by atoms with E-state index in [0.717, 1.165) is 29.1 Å². The monoisotopic (exact) mass is 262 g/mol. The van der Waals surface area contributed by atoms with Gasteiger partial charge >= 0.3 is 0 Å². The number of thiol groups is 2. The van der Waals surface area contributed by atoms with Gasteiger partial charge in [0.2, 0.25) is 0 Å². The van der Waals surface area contributed by atoms with E-state index in [1.54, 1.807) is 0 Å². The lowest BCUT2D eigenvalue weighted by Crippen LogP contribution is -1.91. The maximum absolute atomic E-state index is 4.41. The average Bonchev–Trinajstić information content (AvgIpc) is 2.40. The molecule has 0 aliphatic carbocycles. The second kappa shape index (κ2) is 6.07. The molecule has 2 heterocycles. The fraction of sp³-hybridized carbons (Fsp3) is 0.231. The molecule has 0 amide bonds. The van der Waals surface area contributed by atoms with E-state index in [9.17, 15) is 0 Å². The van der Waals surface area contributed by atoms with E-state index in [4.69, 9.17) is 0 Å². The Morgan fingerprint density at radius 3 is 1.82 bits per heavy atom. The summed E-state index contributed by atoms with van der Waals surface area (Å²) in [7, 11) is 0. The van der Waals surface area contributed by atoms with Crippen LogP contribution in [0.5, 0.6) is 0 Å². The van der Waals surface area contributed by atoms with Crippen LogP contribution in [0, 0.1) is 0 Å². The maximum Gasteiger partial charge on any atom is 0.0886 e. The van der Waals surface area contributed by atoms with Crippen LogP contribution >= 0.6 is 25.3 Å². The number of pyridine rings is 2. The highest BCUT2D eigenvalue weighted by Crippen LogP contribution is 2.15. The average molecular weight is 262 g/mol. The summed E-state index contributed by atoms with van der Waals surface area (Å²) in [4.78, 5) is 8.78. The van der Waals surface area contributed by atoms with Crippen molar-refractivity contribution in [2.75, 3.05) is 5.75 Å². The molecule has 0 N–H and O–H groups in total. The zero-order valence-electron chi connectivity index (χ0n) is 9.37. The molecule has 88 valence electrons. The van der Waals surface area contributed by atoms with Gasteiger partial charge in [-0.2, -0.15) is 25.3 Å². The summed E-state index contributed by atoms with van der Waals surface area (Å²) in [6.45, 7) is 0. The lowest BCUT2D eigenvalue weighted by Gasteiger charge is -2.03. The predicted octanol–water partition coefficient (Wildman–Crippen LogP) is 3.05. The fourth-order valence-corrected chi connectivity index (χ4v) is 1.97. The molecule has 0 aliphatic heterocycles. The maximum atomic E-state index is 4.41. The quantitative estimate of drug-likeness (QED) is 0.828. The third kappa shape index (κ3) is 3.23. The summed E-state index contributed by atoms with van der Waals surface area (Å²) in [6, 6.07) is 8.08. The Morgan fingerprint density at radius 2 is 1.41 bits per heavy atom. The molecule has 4 heteroatoms. The third-order valence-corrected chi connectivity index (χ3v) is 3.08. The molecule has 0 aliphatic rings. The summed E-state index contributed by atoms with van der Waals surface area (Å²) < 4.78 is 0. The highest BCUT2D eigenvalue weighted by molar-refractivity contribution is 7.80. The number of aromatic nitrogens is 2. The van der Waals surface area contributed by atoms with Crippen LogP contribution in [0.15, 0.2) is 36.7 Å². The van der Waals surface area contributed by atoms with E-state index in [-0.39, 0.29) is 0 Å². The van der Waals surface area contributed by atoms with Gasteiger partial charge in [-0.25, -0.2) is 0 Å². The molecule has 0 fully saturated rings. The fourth-order valence-electron chi connectivity index (χ4n) is 1.52. The zero-order valence-corrected chi connectivity index (χ0v) is 11.2. The minimum atomic E-state index is 0.710. The lowest BCUT2D eigenvalue weighted by molar-refractivity contribution is 1.11. The van der Waals surface area contributed by atoms with E-state index >= 15 is 0 Å². The van der Waals surface area contributed by atoms with Crippen molar-refractivity contribution in [2.45, 2.75) is 12.2 Å². The third-order valence-electron chi connectivity index (χ3n) is 2.49. The molecule has 2 aromatic rings. The summed E-state index contributed by atoms with van der Waals surface area (Å²) in [5.74, 6) is 1.55. The van der Waals surface area contributed by atoms with Gasteiger partial charge in [0, 0.05) is 18.1 Å². The van der Waals surface area contributed by atoms with Gasteiger partial charge in [0.25, 0.3) is 0 Å². The molecule has 0 spiro atoms. The minimum Gasteiger partial charge on any atom is -0.254 e. The molecule has 0 saturated carbocycles. The molecule has 0 unspecified atom stereocenters. The van der Waals surface area contributed by atoms with Crippen molar-refractivity contribution in [3.05, 3.63) is 47.8 Å². The Kier molecular flexibility index (Phi) is 4.45. The van der Waals surface area contributed by atoms with Crippen LogP contribution in [0.2, 0.25) is 0 Å². The summed E-state index contributed by atoms with van der Waals surface area (Å²) in [6.07, 6.45) is 4.67. The van der Waals surface area contributed by atoms with Gasteiger partial charge in [0.15, 0.2) is 0 Å². The Labute approximate surface area is 112 Å². The Balaban J connectivity index is 2.20. The van der Waals surface area contributed by atoms with Gasteiger partial charge in [-0.3, -0.25) is 9.97 Å². The molecule has 0 aromatic carbocycles. The first-order valence-corrected chi connectivity index (χ1v) is 6.72. The van der Waals surface area contributed by atoms with E-state index in [1.165, 1.54) is 5.56 Å². The van der Waals surface area contributed by atoms with Crippen LogP contribution in [0.3, 0.4) is 0 Å². The highest BCUT2D eigenvalue weighted by Gasteiger charge is 2.01. The number of aryl methyl sites for hydroxylation is 1. The zero-order chi connectivity index (χ0) is 12.1. The van der Waals surface area contributed by atoms with Crippen LogP contribution in [0.25, 0.3) is 11.4 Å². The van der Waals surface area contributed by atoms with Gasteiger partial charge in [-0.1, -0.05) is 12.1 Å². The number of hydrogen-bond donors (Lipinski definition) is 2. The van der Waals surface area contributed by atoms with E-state index in [2.05, 4.69) is 41.3 Å². The number of rotatable bonds is 4. The highest BCUT2D eigenvalue weighted by atomic mass is 32.1. The Hall–Kier alpha value is -1.00. The summed E-state index contributed by atoms with van der Waals surface area (Å²) in [5.41, 5.74) is 4.12. The Bertz CT molecular complexity index is 466. The smallest absolute Gasteiger partial charge is 0.0886 e. The topological polar surface area (TPSA) is 25.8 Å². The molecule has 0 atom stereocenters. The summed E-state index contributed by atoms with van der Waals surface area (Å²) >= 11 is 8.41. The molecule has 0 bridgehead atoms. The molecule has 2 aromatic heterocycles. The van der Waals surface area contributed by atoms with Crippen molar-refractivity contribution in [3.8, 4) is 11.4 Å². The molecule has 17 heavy (non-hydrogen) atoms. The predicted molar refractivity (Wildman–Crippen MR) is 77.7 cm³/mol. The van der Waals surface area contributed by atoms with Crippen molar-refractivity contribution >= 4 is 25.3 Å². The molecular formula is C13H14N2S2. The largest absolute Gasteiger partial charge is 0.254 e. The van der Waals surface area contributed by atoms with Gasteiger partial charge in [-0.05, 0) is 35.4 Å². The van der Waals surface area contributed by atoms with Crippen molar-refractivity contribution in [3.63, 3.8) is 0 Å². The molecule has 2 rings (SSSR count). The normalized spacial score (nSPS) is 10.5. The van der Waals surface area contributed by atoms with Gasteiger partial charge in [0.1, 0.15) is 0 Å². The molecule has 0 radical (unpaired) electrons. The summed E-state index contributed by atoms with van der Waals surface area (Å²) in [5, 5.41) is 0. The molecule has 0 saturated heterocycles. The standard InChI is InChI=1S/C13H14N2S2/c16-6-5-10-1-3-12(14-7-10)13-4-2-11(9-17)8-15-13/h1-4,7-8,16-17H,5-6,9H2. The molecule has 2 nitrogen and oxygen atoms in total. The van der Waals surface area contributed by atoms with Crippen LogP contribution in [-0.4, -0.2) is 15.7 Å². The van der Waals surface area contributed by atoms with Crippen molar-refractivity contribution < 1.29 is 0 Å². The van der Waals surface area contributed by atoms with Gasteiger partial charge < -0.3 is 0 Å². The first kappa shape index (κ1) is 12.5. The minimum absolute atomic E-state index is 0.710. The van der Waals surface area contributed by atoms with Crippen LogP contribution in [0.4, 0.5) is 0 Å². The van der Waals surface area contributed by atoms with Crippen LogP contribution < -0.4 is 0 Å². The van der Waals surface area contributed by atoms with E-state index < -0.39 is 0 Å². The second-order valence-corrected chi connectivity index (χ2v) is 4.50. The Morgan fingerprint density at radius 1 is 0.824 bits per heavy atom. The first-order chi connectivity index (χ1) is 8.33. The first-order valence-electron chi connectivity index (χ1n) is 5.45. The van der Waals surface area contributed by atoms with Gasteiger partial charge in [0.05, 0.1) is 11.4 Å². The molecular weight excluding hydrogens is 248 g/mol. The van der Waals surface area contributed by atoms with E-state index in [0.29, 0.717) is 5.75 Å². The SMILES string of the molecule is SCCc1ccc(-c2ccc(CS)cn2)nc1. The van der Waals surface area contributed by atoms with Crippen LogP contribution in [0.1, 0.15) is 11.1 Å². The lowest BCUT2D eigenvalue weighted by atomic mass is 10.1. The van der Waals surface area contributed by atoms with Gasteiger partial charge in [-0.15, -0.1) is 0 Å².